The lowest BCUT2D eigenvalue weighted by molar-refractivity contribution is -0.140. The fourth-order valence-electron chi connectivity index (χ4n) is 1.83. The summed E-state index contributed by atoms with van der Waals surface area (Å²) in [7, 11) is 0. The number of hydrogen-bond acceptors (Lipinski definition) is 3. The van der Waals surface area contributed by atoms with Gasteiger partial charge < -0.3 is 15.2 Å². The molecule has 122 valence electrons. The minimum absolute atomic E-state index is 0.128. The molecule has 1 unspecified atom stereocenters. The fraction of sp³-hybridized carbons (Fsp3) is 0.500. The Kier molecular flexibility index (Phi) is 6.05. The zero-order chi connectivity index (χ0) is 16.9. The molecule has 0 aromatic heterocycles. The number of carbonyl (C=O) groups excluding carboxylic acids is 1. The van der Waals surface area contributed by atoms with Crippen LogP contribution in [0, 0.1) is 12.7 Å². The molecule has 0 aliphatic heterocycles. The standard InChI is InChI=1S/C16H22FNO4/c1-10-11(6-5-7-12(10)17)14(19)18-13(15(20)21)8-9-22-16(2,3)4/h5-7,13H,8-9H2,1-4H3,(H,18,19)(H,20,21). The number of carboxylic acids is 1. The third-order valence-electron chi connectivity index (χ3n) is 3.06. The van der Waals surface area contributed by atoms with E-state index in [9.17, 15) is 19.1 Å². The molecule has 5 nitrogen and oxygen atoms in total. The summed E-state index contributed by atoms with van der Waals surface area (Å²) in [6.07, 6.45) is 0.132. The maximum Gasteiger partial charge on any atom is 0.326 e. The van der Waals surface area contributed by atoms with E-state index in [0.717, 1.165) is 0 Å². The minimum Gasteiger partial charge on any atom is -0.480 e. The van der Waals surface area contributed by atoms with Crippen molar-refractivity contribution in [1.82, 2.24) is 5.32 Å². The van der Waals surface area contributed by atoms with Crippen molar-refractivity contribution in [2.45, 2.75) is 45.8 Å². The molecule has 0 spiro atoms. The van der Waals surface area contributed by atoms with Crippen LogP contribution < -0.4 is 5.32 Å². The second-order valence-corrected chi connectivity index (χ2v) is 6.03. The molecule has 0 heterocycles. The molecule has 0 aliphatic rings. The van der Waals surface area contributed by atoms with Crippen molar-refractivity contribution >= 4 is 11.9 Å². The zero-order valence-corrected chi connectivity index (χ0v) is 13.3. The molecule has 0 saturated carbocycles. The highest BCUT2D eigenvalue weighted by molar-refractivity contribution is 5.97. The van der Waals surface area contributed by atoms with Crippen LogP contribution in [0.1, 0.15) is 43.1 Å². The Morgan fingerprint density at radius 3 is 2.55 bits per heavy atom. The van der Waals surface area contributed by atoms with Gasteiger partial charge in [-0.15, -0.1) is 0 Å². The van der Waals surface area contributed by atoms with E-state index in [1.165, 1.54) is 25.1 Å². The summed E-state index contributed by atoms with van der Waals surface area (Å²) in [5.74, 6) is -2.27. The normalized spacial score (nSPS) is 12.8. The summed E-state index contributed by atoms with van der Waals surface area (Å²) >= 11 is 0. The maximum atomic E-state index is 13.5. The number of aliphatic carboxylic acids is 1. The highest BCUT2D eigenvalue weighted by atomic mass is 19.1. The average Bonchev–Trinajstić information content (AvgIpc) is 2.39. The Morgan fingerprint density at radius 2 is 2.00 bits per heavy atom. The maximum absolute atomic E-state index is 13.5. The summed E-state index contributed by atoms with van der Waals surface area (Å²) in [6, 6.07) is 3.03. The van der Waals surface area contributed by atoms with Crippen LogP contribution >= 0.6 is 0 Å². The van der Waals surface area contributed by atoms with Gasteiger partial charge in [-0.25, -0.2) is 9.18 Å². The third kappa shape index (κ3) is 5.44. The summed E-state index contributed by atoms with van der Waals surface area (Å²) in [5.41, 5.74) is -0.0651. The monoisotopic (exact) mass is 311 g/mol. The smallest absolute Gasteiger partial charge is 0.326 e. The largest absolute Gasteiger partial charge is 0.480 e. The first-order valence-electron chi connectivity index (χ1n) is 7.04. The minimum atomic E-state index is -1.15. The number of rotatable bonds is 6. The molecule has 1 aromatic carbocycles. The van der Waals surface area contributed by atoms with Crippen molar-refractivity contribution < 1.29 is 23.8 Å². The first-order chi connectivity index (χ1) is 10.1. The molecule has 1 amide bonds. The molecule has 0 aliphatic carbocycles. The van der Waals surface area contributed by atoms with Crippen LogP contribution in [0.2, 0.25) is 0 Å². The topological polar surface area (TPSA) is 75.6 Å². The summed E-state index contributed by atoms with van der Waals surface area (Å²) in [5, 5.41) is 11.6. The van der Waals surface area contributed by atoms with Crippen LogP contribution in [0.3, 0.4) is 0 Å². The third-order valence-corrected chi connectivity index (χ3v) is 3.06. The first-order valence-corrected chi connectivity index (χ1v) is 7.04. The van der Waals surface area contributed by atoms with Gasteiger partial charge in [-0.05, 0) is 45.4 Å². The number of halogens is 1. The Labute approximate surface area is 129 Å². The van der Waals surface area contributed by atoms with Crippen molar-refractivity contribution in [1.29, 1.82) is 0 Å². The number of amides is 1. The number of carboxylic acid groups (broad SMARTS) is 1. The quantitative estimate of drug-likeness (QED) is 0.846. The lowest BCUT2D eigenvalue weighted by atomic mass is 10.1. The molecule has 22 heavy (non-hydrogen) atoms. The molecule has 1 aromatic rings. The van der Waals surface area contributed by atoms with Gasteiger partial charge in [0.25, 0.3) is 5.91 Å². The molecule has 0 fully saturated rings. The Bertz CT molecular complexity index is 552. The first kappa shape index (κ1) is 18.1. The number of hydrogen-bond donors (Lipinski definition) is 2. The van der Waals surface area contributed by atoms with Gasteiger partial charge in [0.05, 0.1) is 5.60 Å². The highest BCUT2D eigenvalue weighted by Crippen LogP contribution is 2.13. The van der Waals surface area contributed by atoms with Crippen molar-refractivity contribution in [3.63, 3.8) is 0 Å². The van der Waals surface area contributed by atoms with Gasteiger partial charge in [0.1, 0.15) is 11.9 Å². The van der Waals surface area contributed by atoms with Gasteiger partial charge in [0.2, 0.25) is 0 Å². The van der Waals surface area contributed by atoms with Gasteiger partial charge in [0.15, 0.2) is 0 Å². The van der Waals surface area contributed by atoms with Crippen LogP contribution in [0.4, 0.5) is 4.39 Å². The van der Waals surface area contributed by atoms with Gasteiger partial charge in [-0.2, -0.15) is 0 Å². The van der Waals surface area contributed by atoms with Gasteiger partial charge in [0, 0.05) is 18.6 Å². The molecule has 1 atom stereocenters. The van der Waals surface area contributed by atoms with E-state index in [1.54, 1.807) is 0 Å². The Balaban J connectivity index is 2.72. The molecule has 6 heteroatoms. The van der Waals surface area contributed by atoms with Gasteiger partial charge >= 0.3 is 5.97 Å². The second-order valence-electron chi connectivity index (χ2n) is 6.03. The second kappa shape index (κ2) is 7.35. The SMILES string of the molecule is Cc1c(F)cccc1C(=O)NC(CCOC(C)(C)C)C(=O)O. The molecule has 1 rings (SSSR count). The van der Waals surface area contributed by atoms with Crippen LogP contribution in [-0.4, -0.2) is 35.2 Å². The number of ether oxygens (including phenoxy) is 1. The molecule has 0 bridgehead atoms. The predicted molar refractivity (Wildman–Crippen MR) is 80.3 cm³/mol. The van der Waals surface area contributed by atoms with E-state index < -0.39 is 23.7 Å². The summed E-state index contributed by atoms with van der Waals surface area (Å²) < 4.78 is 18.9. The van der Waals surface area contributed by atoms with E-state index in [2.05, 4.69) is 5.32 Å². The van der Waals surface area contributed by atoms with E-state index in [4.69, 9.17) is 4.74 Å². The molecule has 2 N–H and O–H groups in total. The Morgan fingerprint density at radius 1 is 1.36 bits per heavy atom. The predicted octanol–water partition coefficient (Wildman–Crippen LogP) is 2.52. The van der Waals surface area contributed by atoms with Crippen LogP contribution in [0.25, 0.3) is 0 Å². The molecule has 0 saturated heterocycles. The molecular formula is C16H22FNO4. The summed E-state index contributed by atoms with van der Waals surface area (Å²) in [6.45, 7) is 7.25. The Hall–Kier alpha value is -1.95. The van der Waals surface area contributed by atoms with Crippen LogP contribution in [0.5, 0.6) is 0 Å². The van der Waals surface area contributed by atoms with E-state index >= 15 is 0 Å². The van der Waals surface area contributed by atoms with Crippen LogP contribution in [0.15, 0.2) is 18.2 Å². The van der Waals surface area contributed by atoms with Crippen molar-refractivity contribution in [2.75, 3.05) is 6.61 Å². The van der Waals surface area contributed by atoms with Crippen molar-refractivity contribution in [2.24, 2.45) is 0 Å². The van der Waals surface area contributed by atoms with E-state index in [-0.39, 0.29) is 29.8 Å². The average molecular weight is 311 g/mol. The van der Waals surface area contributed by atoms with E-state index in [1.807, 2.05) is 20.8 Å². The van der Waals surface area contributed by atoms with Crippen molar-refractivity contribution in [3.8, 4) is 0 Å². The zero-order valence-electron chi connectivity index (χ0n) is 13.3. The lowest BCUT2D eigenvalue weighted by Crippen LogP contribution is -2.42. The van der Waals surface area contributed by atoms with Gasteiger partial charge in [-0.1, -0.05) is 6.07 Å². The fourth-order valence-corrected chi connectivity index (χ4v) is 1.83. The molecular weight excluding hydrogens is 289 g/mol. The summed E-state index contributed by atoms with van der Waals surface area (Å²) in [4.78, 5) is 23.3. The van der Waals surface area contributed by atoms with Crippen LogP contribution in [-0.2, 0) is 9.53 Å². The van der Waals surface area contributed by atoms with Crippen molar-refractivity contribution in [3.05, 3.63) is 35.1 Å². The lowest BCUT2D eigenvalue weighted by Gasteiger charge is -2.21. The molecule has 0 radical (unpaired) electrons. The number of carbonyl (C=O) groups is 2. The number of nitrogens with one attached hydrogen (secondary N) is 1. The van der Waals surface area contributed by atoms with Gasteiger partial charge in [-0.3, -0.25) is 4.79 Å². The highest BCUT2D eigenvalue weighted by Gasteiger charge is 2.23. The van der Waals surface area contributed by atoms with E-state index in [0.29, 0.717) is 0 Å². The number of benzene rings is 1.